The van der Waals surface area contributed by atoms with Crippen molar-refractivity contribution < 1.29 is 9.84 Å². The Hall–Kier alpha value is -1.59. The van der Waals surface area contributed by atoms with Gasteiger partial charge >= 0.3 is 0 Å². The predicted octanol–water partition coefficient (Wildman–Crippen LogP) is 3.52. The smallest absolute Gasteiger partial charge is 0.124 e. The molecule has 1 saturated carbocycles. The molecule has 112 valence electrons. The van der Waals surface area contributed by atoms with Gasteiger partial charge in [0.2, 0.25) is 0 Å². The fraction of sp³-hybridized carbons (Fsp3) is 0.438. The minimum Gasteiger partial charge on any atom is -0.494 e. The van der Waals surface area contributed by atoms with Crippen molar-refractivity contribution in [3.8, 4) is 5.75 Å². The molecule has 0 bridgehead atoms. The molecule has 0 atom stereocenters. The third kappa shape index (κ3) is 3.54. The maximum atomic E-state index is 9.41. The molecule has 21 heavy (non-hydrogen) atoms. The second-order valence-electron chi connectivity index (χ2n) is 5.21. The van der Waals surface area contributed by atoms with Crippen LogP contribution in [0.2, 0.25) is 0 Å². The molecule has 1 aromatic heterocycles. The Morgan fingerprint density at radius 1 is 1.43 bits per heavy atom. The quantitative estimate of drug-likeness (QED) is 0.821. The number of aliphatic hydroxyl groups is 1. The lowest BCUT2D eigenvalue weighted by atomic mass is 10.2. The summed E-state index contributed by atoms with van der Waals surface area (Å²) in [4.78, 5) is 5.73. The third-order valence-corrected chi connectivity index (χ3v) is 4.66. The number of aromatic nitrogens is 1. The zero-order valence-corrected chi connectivity index (χ0v) is 12.9. The van der Waals surface area contributed by atoms with Gasteiger partial charge < -0.3 is 15.2 Å². The second kappa shape index (κ2) is 6.45. The number of anilines is 1. The predicted molar refractivity (Wildman–Crippen MR) is 84.9 cm³/mol. The molecule has 4 nitrogen and oxygen atoms in total. The van der Waals surface area contributed by atoms with Crippen molar-refractivity contribution in [2.75, 3.05) is 11.9 Å². The van der Waals surface area contributed by atoms with Gasteiger partial charge in [0.1, 0.15) is 5.75 Å². The average molecular weight is 304 g/mol. The molecule has 2 N–H and O–H groups in total. The summed E-state index contributed by atoms with van der Waals surface area (Å²) in [5.41, 5.74) is 1.80. The minimum atomic E-state index is -0.0166. The van der Waals surface area contributed by atoms with Crippen LogP contribution in [-0.4, -0.2) is 16.7 Å². The third-order valence-electron chi connectivity index (χ3n) is 3.50. The SMILES string of the molecule is CCOc1ccc(NCc2cnc(C3CC3)s2)cc1CO. The Kier molecular flexibility index (Phi) is 4.41. The van der Waals surface area contributed by atoms with Crippen molar-refractivity contribution >= 4 is 17.0 Å². The van der Waals surface area contributed by atoms with Crippen LogP contribution in [0, 0.1) is 0 Å². The summed E-state index contributed by atoms with van der Waals surface area (Å²) >= 11 is 1.80. The molecule has 1 aromatic carbocycles. The van der Waals surface area contributed by atoms with Crippen molar-refractivity contribution in [2.45, 2.75) is 38.8 Å². The Morgan fingerprint density at radius 3 is 3.00 bits per heavy atom. The highest BCUT2D eigenvalue weighted by Crippen LogP contribution is 2.41. The summed E-state index contributed by atoms with van der Waals surface area (Å²) in [7, 11) is 0. The van der Waals surface area contributed by atoms with Crippen molar-refractivity contribution in [3.05, 3.63) is 39.8 Å². The molecule has 0 spiro atoms. The number of benzene rings is 1. The van der Waals surface area contributed by atoms with E-state index in [-0.39, 0.29) is 6.61 Å². The molecule has 1 fully saturated rings. The van der Waals surface area contributed by atoms with E-state index in [1.165, 1.54) is 22.7 Å². The molecule has 0 amide bonds. The molecule has 0 aliphatic heterocycles. The van der Waals surface area contributed by atoms with Gasteiger partial charge in [0.25, 0.3) is 0 Å². The van der Waals surface area contributed by atoms with Crippen LogP contribution in [0.3, 0.4) is 0 Å². The van der Waals surface area contributed by atoms with Gasteiger partial charge in [-0.15, -0.1) is 11.3 Å². The van der Waals surface area contributed by atoms with E-state index in [9.17, 15) is 5.11 Å². The fourth-order valence-corrected chi connectivity index (χ4v) is 3.25. The molecule has 1 heterocycles. The van der Waals surface area contributed by atoms with Crippen LogP contribution < -0.4 is 10.1 Å². The zero-order valence-electron chi connectivity index (χ0n) is 12.1. The molecule has 0 radical (unpaired) electrons. The first-order valence-electron chi connectivity index (χ1n) is 7.35. The van der Waals surface area contributed by atoms with E-state index in [0.717, 1.165) is 29.5 Å². The molecule has 2 aromatic rings. The van der Waals surface area contributed by atoms with E-state index in [0.29, 0.717) is 6.61 Å². The van der Waals surface area contributed by atoms with Crippen molar-refractivity contribution in [1.82, 2.24) is 4.98 Å². The second-order valence-corrected chi connectivity index (χ2v) is 6.35. The average Bonchev–Trinajstić information content (AvgIpc) is 3.25. The number of nitrogens with one attached hydrogen (secondary N) is 1. The number of rotatable bonds is 7. The standard InChI is InChI=1S/C16H20N2O2S/c1-2-20-15-6-5-13(7-12(15)10-19)17-8-14-9-18-16(21-14)11-3-4-11/h5-7,9,11,17,19H,2-4,8,10H2,1H3. The van der Waals surface area contributed by atoms with Gasteiger partial charge in [-0.3, -0.25) is 0 Å². The van der Waals surface area contributed by atoms with Crippen LogP contribution >= 0.6 is 11.3 Å². The van der Waals surface area contributed by atoms with Gasteiger partial charge in [-0.05, 0) is 38.0 Å². The maximum Gasteiger partial charge on any atom is 0.124 e. The van der Waals surface area contributed by atoms with E-state index in [2.05, 4.69) is 10.3 Å². The van der Waals surface area contributed by atoms with Crippen molar-refractivity contribution in [1.29, 1.82) is 0 Å². The molecule has 3 rings (SSSR count). The summed E-state index contributed by atoms with van der Waals surface area (Å²) in [6, 6.07) is 5.82. The number of nitrogens with zero attached hydrogens (tertiary/aromatic N) is 1. The van der Waals surface area contributed by atoms with Crippen molar-refractivity contribution in [3.63, 3.8) is 0 Å². The van der Waals surface area contributed by atoms with Gasteiger partial charge in [-0.2, -0.15) is 0 Å². The normalized spacial score (nSPS) is 14.2. The van der Waals surface area contributed by atoms with Gasteiger partial charge in [0.05, 0.1) is 24.8 Å². The van der Waals surface area contributed by atoms with Crippen molar-refractivity contribution in [2.24, 2.45) is 0 Å². The summed E-state index contributed by atoms with van der Waals surface area (Å²) in [5, 5.41) is 14.1. The number of ether oxygens (including phenoxy) is 1. The van der Waals surface area contributed by atoms with Crippen LogP contribution in [0.4, 0.5) is 5.69 Å². The minimum absolute atomic E-state index is 0.0166. The van der Waals surface area contributed by atoms with Gasteiger partial charge in [0, 0.05) is 28.2 Å². The highest BCUT2D eigenvalue weighted by Gasteiger charge is 2.26. The molecular formula is C16H20N2O2S. The van der Waals surface area contributed by atoms with Gasteiger partial charge in [-0.1, -0.05) is 0 Å². The molecule has 1 aliphatic rings. The first-order chi connectivity index (χ1) is 10.3. The lowest BCUT2D eigenvalue weighted by Crippen LogP contribution is -2.01. The van der Waals surface area contributed by atoms with Crippen LogP contribution in [0.5, 0.6) is 5.75 Å². The summed E-state index contributed by atoms with van der Waals surface area (Å²) in [6.45, 7) is 3.29. The topological polar surface area (TPSA) is 54.4 Å². The largest absolute Gasteiger partial charge is 0.494 e. The van der Waals surface area contributed by atoms with Crippen LogP contribution in [-0.2, 0) is 13.2 Å². The monoisotopic (exact) mass is 304 g/mol. The number of aliphatic hydroxyl groups excluding tert-OH is 1. The van der Waals surface area contributed by atoms with Gasteiger partial charge in [0.15, 0.2) is 0 Å². The summed E-state index contributed by atoms with van der Waals surface area (Å²) in [6.07, 6.45) is 4.55. The molecule has 5 heteroatoms. The Labute approximate surface area is 128 Å². The molecule has 0 unspecified atom stereocenters. The van der Waals surface area contributed by atoms with Crippen LogP contribution in [0.1, 0.15) is 41.1 Å². The van der Waals surface area contributed by atoms with Crippen LogP contribution in [0.25, 0.3) is 0 Å². The number of hydrogen-bond donors (Lipinski definition) is 2. The molecule has 1 aliphatic carbocycles. The van der Waals surface area contributed by atoms with E-state index < -0.39 is 0 Å². The van der Waals surface area contributed by atoms with E-state index in [1.54, 1.807) is 11.3 Å². The highest BCUT2D eigenvalue weighted by atomic mass is 32.1. The first-order valence-corrected chi connectivity index (χ1v) is 8.17. The number of hydrogen-bond acceptors (Lipinski definition) is 5. The first kappa shape index (κ1) is 14.4. The Bertz CT molecular complexity index is 608. The van der Waals surface area contributed by atoms with Crippen LogP contribution in [0.15, 0.2) is 24.4 Å². The van der Waals surface area contributed by atoms with E-state index in [1.807, 2.05) is 31.3 Å². The maximum absolute atomic E-state index is 9.41. The molecular weight excluding hydrogens is 284 g/mol. The van der Waals surface area contributed by atoms with Gasteiger partial charge in [-0.25, -0.2) is 4.98 Å². The Morgan fingerprint density at radius 2 is 2.29 bits per heavy atom. The van der Waals surface area contributed by atoms with E-state index in [4.69, 9.17) is 4.74 Å². The van der Waals surface area contributed by atoms with E-state index >= 15 is 0 Å². The molecule has 0 saturated heterocycles. The fourth-order valence-electron chi connectivity index (χ4n) is 2.22. The zero-order chi connectivity index (χ0) is 14.7. The highest BCUT2D eigenvalue weighted by molar-refractivity contribution is 7.11. The number of thiazole rings is 1. The Balaban J connectivity index is 1.63. The lowest BCUT2D eigenvalue weighted by molar-refractivity contribution is 0.267. The summed E-state index contributed by atoms with van der Waals surface area (Å²) < 4.78 is 5.49. The summed E-state index contributed by atoms with van der Waals surface area (Å²) in [5.74, 6) is 1.47. The lowest BCUT2D eigenvalue weighted by Gasteiger charge is -2.11.